The van der Waals surface area contributed by atoms with E-state index < -0.39 is 0 Å². The zero-order valence-electron chi connectivity index (χ0n) is 13.2. The van der Waals surface area contributed by atoms with Crippen LogP contribution in [-0.2, 0) is 11.3 Å². The van der Waals surface area contributed by atoms with Crippen molar-refractivity contribution in [3.63, 3.8) is 0 Å². The van der Waals surface area contributed by atoms with Gasteiger partial charge in [0.25, 0.3) is 0 Å². The van der Waals surface area contributed by atoms with E-state index in [-0.39, 0.29) is 0 Å². The maximum atomic E-state index is 5.73. The molecule has 1 rings (SSSR count). The first-order chi connectivity index (χ1) is 9.61. The quantitative estimate of drug-likeness (QED) is 0.712. The van der Waals surface area contributed by atoms with Gasteiger partial charge >= 0.3 is 0 Å². The van der Waals surface area contributed by atoms with Gasteiger partial charge in [0.05, 0.1) is 12.7 Å². The van der Waals surface area contributed by atoms with Crippen LogP contribution < -0.4 is 10.1 Å². The fraction of sp³-hybridized carbons (Fsp3) is 0.625. The predicted octanol–water partition coefficient (Wildman–Crippen LogP) is 2.14. The lowest BCUT2D eigenvalue weighted by Gasteiger charge is -2.18. The zero-order valence-corrected chi connectivity index (χ0v) is 13.2. The van der Waals surface area contributed by atoms with Gasteiger partial charge in [0.1, 0.15) is 12.4 Å². The number of rotatable bonds is 10. The fourth-order valence-corrected chi connectivity index (χ4v) is 1.78. The second kappa shape index (κ2) is 9.75. The van der Waals surface area contributed by atoms with E-state index in [1.807, 2.05) is 19.2 Å². The highest BCUT2D eigenvalue weighted by Gasteiger charge is 2.01. The molecule has 1 aromatic carbocycles. The number of nitrogens with one attached hydrogen (secondary N) is 1. The van der Waals surface area contributed by atoms with Crippen molar-refractivity contribution >= 4 is 0 Å². The highest BCUT2D eigenvalue weighted by molar-refractivity contribution is 5.27. The number of hydrogen-bond donors (Lipinski definition) is 1. The first-order valence-corrected chi connectivity index (χ1v) is 7.28. The summed E-state index contributed by atoms with van der Waals surface area (Å²) in [5, 5.41) is 3.13. The van der Waals surface area contributed by atoms with Crippen molar-refractivity contribution in [1.82, 2.24) is 10.2 Å². The number of ether oxygens (including phenoxy) is 2. The largest absolute Gasteiger partial charge is 0.492 e. The van der Waals surface area contributed by atoms with Gasteiger partial charge in [-0.2, -0.15) is 0 Å². The summed E-state index contributed by atoms with van der Waals surface area (Å²) >= 11 is 0. The molecule has 0 saturated heterocycles. The van der Waals surface area contributed by atoms with Crippen LogP contribution in [0.2, 0.25) is 0 Å². The van der Waals surface area contributed by atoms with Crippen molar-refractivity contribution in [2.75, 3.05) is 40.4 Å². The molecule has 20 heavy (non-hydrogen) atoms. The normalized spacial score (nSPS) is 11.3. The molecule has 4 nitrogen and oxygen atoms in total. The van der Waals surface area contributed by atoms with Crippen molar-refractivity contribution in [3.8, 4) is 5.75 Å². The fourth-order valence-electron chi connectivity index (χ4n) is 1.78. The third-order valence-electron chi connectivity index (χ3n) is 2.97. The molecule has 0 aliphatic heterocycles. The van der Waals surface area contributed by atoms with Gasteiger partial charge in [-0.3, -0.25) is 0 Å². The molecule has 0 atom stereocenters. The van der Waals surface area contributed by atoms with Crippen LogP contribution in [0.15, 0.2) is 24.3 Å². The smallest absolute Gasteiger partial charge is 0.119 e. The van der Waals surface area contributed by atoms with Gasteiger partial charge in [-0.05, 0) is 45.6 Å². The van der Waals surface area contributed by atoms with Crippen LogP contribution in [0.5, 0.6) is 5.75 Å². The molecule has 0 fully saturated rings. The second-order valence-corrected chi connectivity index (χ2v) is 5.25. The SMILES string of the molecule is CNCc1ccc(OCCN(C)CCOC(C)C)cc1. The summed E-state index contributed by atoms with van der Waals surface area (Å²) in [7, 11) is 4.03. The molecule has 0 aromatic heterocycles. The molecule has 0 aliphatic carbocycles. The van der Waals surface area contributed by atoms with Crippen LogP contribution >= 0.6 is 0 Å². The van der Waals surface area contributed by atoms with E-state index in [4.69, 9.17) is 9.47 Å². The monoisotopic (exact) mass is 280 g/mol. The Kier molecular flexibility index (Phi) is 8.26. The van der Waals surface area contributed by atoms with Gasteiger partial charge < -0.3 is 19.7 Å². The molecule has 4 heteroatoms. The van der Waals surface area contributed by atoms with Crippen molar-refractivity contribution in [3.05, 3.63) is 29.8 Å². The van der Waals surface area contributed by atoms with Gasteiger partial charge in [-0.25, -0.2) is 0 Å². The van der Waals surface area contributed by atoms with Gasteiger partial charge in [0.2, 0.25) is 0 Å². The van der Waals surface area contributed by atoms with Gasteiger partial charge in [0, 0.05) is 19.6 Å². The van der Waals surface area contributed by atoms with Gasteiger partial charge in [-0.1, -0.05) is 12.1 Å². The molecule has 1 aromatic rings. The molecule has 0 aliphatic rings. The lowest BCUT2D eigenvalue weighted by atomic mass is 10.2. The summed E-state index contributed by atoms with van der Waals surface area (Å²) < 4.78 is 11.3. The van der Waals surface area contributed by atoms with Crippen LogP contribution in [0.1, 0.15) is 19.4 Å². The summed E-state index contributed by atoms with van der Waals surface area (Å²) in [4.78, 5) is 2.22. The van der Waals surface area contributed by atoms with Crippen LogP contribution in [0.25, 0.3) is 0 Å². The average Bonchev–Trinajstić information content (AvgIpc) is 2.40. The van der Waals surface area contributed by atoms with Crippen molar-refractivity contribution in [2.45, 2.75) is 26.5 Å². The van der Waals surface area contributed by atoms with E-state index in [1.165, 1.54) is 5.56 Å². The number of nitrogens with zero attached hydrogens (tertiary/aromatic N) is 1. The summed E-state index contributed by atoms with van der Waals surface area (Å²) in [6.07, 6.45) is 0.302. The van der Waals surface area contributed by atoms with E-state index in [2.05, 4.69) is 43.2 Å². The Morgan fingerprint density at radius 1 is 1.10 bits per heavy atom. The number of hydrogen-bond acceptors (Lipinski definition) is 4. The molecule has 0 unspecified atom stereocenters. The lowest BCUT2D eigenvalue weighted by Crippen LogP contribution is -2.28. The minimum Gasteiger partial charge on any atom is -0.492 e. The van der Waals surface area contributed by atoms with Gasteiger partial charge in [-0.15, -0.1) is 0 Å². The molecule has 0 bridgehead atoms. The Bertz CT molecular complexity index is 352. The lowest BCUT2D eigenvalue weighted by molar-refractivity contribution is 0.0616. The van der Waals surface area contributed by atoms with E-state index >= 15 is 0 Å². The minimum absolute atomic E-state index is 0.302. The molecule has 0 saturated carbocycles. The third kappa shape index (κ3) is 7.48. The van der Waals surface area contributed by atoms with Crippen molar-refractivity contribution < 1.29 is 9.47 Å². The van der Waals surface area contributed by atoms with Gasteiger partial charge in [0.15, 0.2) is 0 Å². The maximum absolute atomic E-state index is 5.73. The third-order valence-corrected chi connectivity index (χ3v) is 2.97. The molecule has 114 valence electrons. The summed E-state index contributed by atoms with van der Waals surface area (Å²) in [5.41, 5.74) is 1.27. The van der Waals surface area contributed by atoms with Crippen LogP contribution in [-0.4, -0.2) is 51.4 Å². The molecule has 0 spiro atoms. The molecular formula is C16H28N2O2. The Balaban J connectivity index is 2.16. The Labute approximate surface area is 123 Å². The molecule has 0 heterocycles. The Hall–Kier alpha value is -1.10. The van der Waals surface area contributed by atoms with Crippen molar-refractivity contribution in [2.24, 2.45) is 0 Å². The maximum Gasteiger partial charge on any atom is 0.119 e. The van der Waals surface area contributed by atoms with Crippen LogP contribution in [0.4, 0.5) is 0 Å². The predicted molar refractivity (Wildman–Crippen MR) is 83.3 cm³/mol. The molecular weight excluding hydrogens is 252 g/mol. The standard InChI is InChI=1S/C16H28N2O2/c1-14(2)19-11-9-18(4)10-12-20-16-7-5-15(6-8-16)13-17-3/h5-8,14,17H,9-13H2,1-4H3. The molecule has 0 amide bonds. The topological polar surface area (TPSA) is 33.7 Å². The second-order valence-electron chi connectivity index (χ2n) is 5.25. The highest BCUT2D eigenvalue weighted by atomic mass is 16.5. The minimum atomic E-state index is 0.302. The van der Waals surface area contributed by atoms with E-state index in [0.29, 0.717) is 12.7 Å². The Morgan fingerprint density at radius 3 is 2.35 bits per heavy atom. The summed E-state index contributed by atoms with van der Waals surface area (Å²) in [5.74, 6) is 0.927. The Morgan fingerprint density at radius 2 is 1.75 bits per heavy atom. The zero-order chi connectivity index (χ0) is 14.8. The van der Waals surface area contributed by atoms with Crippen molar-refractivity contribution in [1.29, 1.82) is 0 Å². The van der Waals surface area contributed by atoms with Crippen LogP contribution in [0, 0.1) is 0 Å². The molecule has 0 radical (unpaired) electrons. The number of benzene rings is 1. The highest BCUT2D eigenvalue weighted by Crippen LogP contribution is 2.11. The summed E-state index contributed by atoms with van der Waals surface area (Å²) in [6.45, 7) is 8.30. The average molecular weight is 280 g/mol. The van der Waals surface area contributed by atoms with E-state index in [9.17, 15) is 0 Å². The first kappa shape index (κ1) is 17.0. The molecule has 1 N–H and O–H groups in total. The van der Waals surface area contributed by atoms with Crippen LogP contribution in [0.3, 0.4) is 0 Å². The summed E-state index contributed by atoms with van der Waals surface area (Å²) in [6, 6.07) is 8.22. The van der Waals surface area contributed by atoms with E-state index in [1.54, 1.807) is 0 Å². The number of likely N-dealkylation sites (N-methyl/N-ethyl adjacent to an activating group) is 1. The van der Waals surface area contributed by atoms with E-state index in [0.717, 1.165) is 32.0 Å². The first-order valence-electron chi connectivity index (χ1n) is 7.28.